The van der Waals surface area contributed by atoms with Crippen LogP contribution in [0.5, 0.6) is 0 Å². The Morgan fingerprint density at radius 2 is 1.50 bits per heavy atom. The monoisotopic (exact) mass is 203 g/mol. The summed E-state index contributed by atoms with van der Waals surface area (Å²) in [4.78, 5) is 0. The van der Waals surface area contributed by atoms with E-state index in [0.29, 0.717) is 0 Å². The molecule has 0 atom stereocenters. The van der Waals surface area contributed by atoms with Crippen molar-refractivity contribution in [2.75, 3.05) is 26.3 Å². The van der Waals surface area contributed by atoms with Crippen molar-refractivity contribution in [2.45, 2.75) is 1.02 Å². The number of morpholine rings is 1. The Balaban J connectivity index is 0. The van der Waals surface area contributed by atoms with Crippen molar-refractivity contribution in [2.24, 2.45) is 0 Å². The third kappa shape index (κ3) is 22.5. The summed E-state index contributed by atoms with van der Waals surface area (Å²) >= 11 is 1.06. The van der Waals surface area contributed by atoms with Crippen LogP contribution >= 0.6 is 0 Å². The Morgan fingerprint density at radius 3 is 1.58 bits per heavy atom. The second-order valence-corrected chi connectivity index (χ2v) is 1.71. The van der Waals surface area contributed by atoms with Gasteiger partial charge in [-0.15, -0.1) is 0 Å². The van der Waals surface area contributed by atoms with E-state index in [1.165, 1.54) is 0 Å². The molecule has 12 heavy (non-hydrogen) atoms. The summed E-state index contributed by atoms with van der Waals surface area (Å²) in [7, 11) is -2.17. The number of nitrogens with one attached hydrogen (secondary N) is 1. The molecule has 5 nitrogen and oxygen atoms in total. The van der Waals surface area contributed by atoms with Crippen LogP contribution in [-0.4, -0.2) is 97.7 Å². The van der Waals surface area contributed by atoms with E-state index in [9.17, 15) is 0 Å². The van der Waals surface area contributed by atoms with Crippen LogP contribution < -0.4 is 5.32 Å². The molecule has 0 unspecified atom stereocenters. The van der Waals surface area contributed by atoms with Gasteiger partial charge in [0.05, 0.1) is 13.2 Å². The fourth-order valence-electron chi connectivity index (χ4n) is 0.516. The predicted octanol–water partition coefficient (Wildman–Crippen LogP) is -2.24. The van der Waals surface area contributed by atoms with Crippen LogP contribution in [0.3, 0.4) is 0 Å². The molecule has 1 aliphatic heterocycles. The first-order valence-electron chi connectivity index (χ1n) is 4.06. The molecule has 1 heterocycles. The minimum absolute atomic E-state index is 0.889. The topological polar surface area (TPSA) is 82.0 Å². The van der Waals surface area contributed by atoms with Gasteiger partial charge in [-0.3, -0.25) is 0 Å². The summed E-state index contributed by atoms with van der Waals surface area (Å²) in [6, 6.07) is 0. The maximum atomic E-state index is 7.17. The van der Waals surface area contributed by atoms with Gasteiger partial charge in [0.2, 0.25) is 0 Å². The normalized spacial score (nSPS) is 14.8. The van der Waals surface area contributed by atoms with E-state index in [0.717, 1.165) is 75.3 Å². The first kappa shape index (κ1) is 16.0. The van der Waals surface area contributed by atoms with Gasteiger partial charge in [0.1, 0.15) is 0 Å². The van der Waals surface area contributed by atoms with Gasteiger partial charge in [-0.1, -0.05) is 0 Å². The van der Waals surface area contributed by atoms with Gasteiger partial charge in [0.15, 0.2) is 0 Å². The molecule has 0 amide bonds. The average molecular weight is 203 g/mol. The number of rotatable bonds is 0. The van der Waals surface area contributed by atoms with Crippen molar-refractivity contribution < 1.29 is 19.8 Å². The van der Waals surface area contributed by atoms with Crippen LogP contribution in [0.4, 0.5) is 0 Å². The van der Waals surface area contributed by atoms with Gasteiger partial charge >= 0.3 is 57.3 Å². The van der Waals surface area contributed by atoms with Gasteiger partial charge in [0.25, 0.3) is 0 Å². The molecule has 0 saturated carbocycles. The summed E-state index contributed by atoms with van der Waals surface area (Å²) < 4.78 is 7.19. The molecule has 0 bridgehead atoms. The van der Waals surface area contributed by atoms with E-state index < -0.39 is 7.32 Å². The van der Waals surface area contributed by atoms with Crippen LogP contribution in [0.2, 0.25) is 1.02 Å². The second kappa shape index (κ2) is 15.0. The van der Waals surface area contributed by atoms with Crippen LogP contribution in [0.25, 0.3) is 0 Å². The molecule has 4 N–H and O–H groups in total. The van der Waals surface area contributed by atoms with E-state index in [-0.39, 0.29) is 0 Å². The van der Waals surface area contributed by atoms with E-state index in [1.807, 2.05) is 0 Å². The van der Waals surface area contributed by atoms with E-state index in [1.54, 1.807) is 0 Å². The maximum absolute atomic E-state index is 7.17. The molecule has 1 rings (SSSR count). The Labute approximate surface area is 107 Å². The molecule has 1 aliphatic rings. The Kier molecular flexibility index (Phi) is 19.9. The molecule has 1 saturated heterocycles. The van der Waals surface area contributed by atoms with Gasteiger partial charge in [0, 0.05) is 13.1 Å². The summed E-state index contributed by atoms with van der Waals surface area (Å²) in [5.41, 5.74) is 0. The van der Waals surface area contributed by atoms with Crippen molar-refractivity contribution in [3.8, 4) is 0 Å². The third-order valence-electron chi connectivity index (χ3n) is 0.846. The molecule has 7 heteroatoms. The first-order valence-corrected chi connectivity index (χ1v) is 7.18. The molecule has 0 aromatic carbocycles. The fraction of sp³-hybridized carbons (Fsp3) is 1.00. The van der Waals surface area contributed by atoms with E-state index >= 15 is 0 Å². The van der Waals surface area contributed by atoms with Crippen molar-refractivity contribution in [1.29, 1.82) is 0 Å². The van der Waals surface area contributed by atoms with Crippen LogP contribution in [0.15, 0.2) is 0 Å². The zero-order chi connectivity index (χ0) is 9.82. The van der Waals surface area contributed by atoms with Gasteiger partial charge < -0.3 is 25.1 Å². The molecule has 0 aromatic rings. The summed E-state index contributed by atoms with van der Waals surface area (Å²) in [6.07, 6.45) is 0. The Bertz CT molecular complexity index is 60.2. The molecular formula is C5H15BKNO4. The van der Waals surface area contributed by atoms with Gasteiger partial charge in [-0.25, -0.2) is 0 Å². The fourth-order valence-corrected chi connectivity index (χ4v) is 0.516. The first-order chi connectivity index (χ1) is 5.73. The van der Waals surface area contributed by atoms with Crippen LogP contribution in [0.1, 0.15) is 0 Å². The van der Waals surface area contributed by atoms with Crippen molar-refractivity contribution in [1.82, 2.24) is 5.32 Å². The van der Waals surface area contributed by atoms with Crippen LogP contribution in [-0.2, 0) is 4.74 Å². The van der Waals surface area contributed by atoms with Crippen LogP contribution in [0, 0.1) is 0 Å². The average Bonchev–Trinajstić information content (AvgIpc) is 2.10. The van der Waals surface area contributed by atoms with E-state index in [2.05, 4.69) is 6.34 Å². The third-order valence-corrected chi connectivity index (χ3v) is 0.846. The SMILES string of the molecule is C1COCCN1.OB(O)O.[CH3][K]. The predicted molar refractivity (Wildman–Crippen MR) is 47.7 cm³/mol. The zero-order valence-electron chi connectivity index (χ0n) is 7.66. The van der Waals surface area contributed by atoms with E-state index in [4.69, 9.17) is 19.8 Å². The second-order valence-electron chi connectivity index (χ2n) is 1.71. The molecule has 0 aliphatic carbocycles. The summed E-state index contributed by atoms with van der Waals surface area (Å²) in [5, 5.41) is 24.7. The Morgan fingerprint density at radius 1 is 1.17 bits per heavy atom. The summed E-state index contributed by atoms with van der Waals surface area (Å²) in [6.45, 7) is 3.83. The van der Waals surface area contributed by atoms with Crippen molar-refractivity contribution >= 4 is 56.3 Å². The molecule has 0 spiro atoms. The van der Waals surface area contributed by atoms with Gasteiger partial charge in [-0.05, 0) is 0 Å². The minimum atomic E-state index is -2.17. The Hall–Kier alpha value is 1.50. The molecule has 0 aromatic heterocycles. The molecule has 0 radical (unpaired) electrons. The number of hydrogen-bond donors (Lipinski definition) is 4. The van der Waals surface area contributed by atoms with Gasteiger partial charge in [-0.2, -0.15) is 0 Å². The summed E-state index contributed by atoms with van der Waals surface area (Å²) in [5.74, 6) is 0. The number of ether oxygens (including phenoxy) is 1. The molecule has 1 fully saturated rings. The van der Waals surface area contributed by atoms with Crippen molar-refractivity contribution in [3.63, 3.8) is 0 Å². The standard InChI is InChI=1S/C4H9NO.CH3.BH3O3.K/c1-3-6-4-2-5-1;;2-1(3)4;/h5H,1-4H2;1H3;2-4H;. The zero-order valence-corrected chi connectivity index (χ0v) is 10.8. The number of hydrogen-bond acceptors (Lipinski definition) is 5. The molecule has 68 valence electrons. The molecular weight excluding hydrogens is 188 g/mol. The quantitative estimate of drug-likeness (QED) is 0.334. The van der Waals surface area contributed by atoms with Crippen molar-refractivity contribution in [3.05, 3.63) is 0 Å².